The molecule has 1 unspecified atom stereocenters. The molecule has 1 heterocycles. The summed E-state index contributed by atoms with van der Waals surface area (Å²) in [5, 5.41) is 10.8. The van der Waals surface area contributed by atoms with Crippen LogP contribution in [0.15, 0.2) is 12.1 Å². The first-order valence-corrected chi connectivity index (χ1v) is 7.08. The number of aromatic nitrogens is 1. The zero-order valence-corrected chi connectivity index (χ0v) is 13.8. The van der Waals surface area contributed by atoms with Gasteiger partial charge < -0.3 is 19.6 Å². The number of hydrogen-bond acceptors (Lipinski definition) is 7. The highest BCUT2D eigenvalue weighted by molar-refractivity contribution is 6.01. The monoisotopic (exact) mass is 324 g/mol. The van der Waals surface area contributed by atoms with E-state index in [1.54, 1.807) is 27.7 Å². The van der Waals surface area contributed by atoms with Crippen LogP contribution in [0.2, 0.25) is 0 Å². The summed E-state index contributed by atoms with van der Waals surface area (Å²) in [6.07, 6.45) is 0. The van der Waals surface area contributed by atoms with Gasteiger partial charge in [-0.15, -0.1) is 0 Å². The van der Waals surface area contributed by atoms with E-state index in [0.717, 1.165) is 6.07 Å². The molecule has 8 nitrogen and oxygen atoms in total. The van der Waals surface area contributed by atoms with Crippen LogP contribution in [0, 0.1) is 17.0 Å². The minimum absolute atomic E-state index is 0.0948. The molecule has 23 heavy (non-hydrogen) atoms. The number of esters is 2. The Bertz CT molecular complexity index is 621. The molecular formula is C15H20N2O6. The van der Waals surface area contributed by atoms with E-state index in [1.165, 1.54) is 13.0 Å². The molecule has 0 amide bonds. The van der Waals surface area contributed by atoms with Gasteiger partial charge in [-0.25, -0.2) is 0 Å². The molecule has 0 aliphatic carbocycles. The molecule has 0 aromatic carbocycles. The van der Waals surface area contributed by atoms with Crippen LogP contribution in [0.5, 0.6) is 0 Å². The maximum atomic E-state index is 12.4. The summed E-state index contributed by atoms with van der Waals surface area (Å²) in [5.41, 5.74) is -0.365. The average molecular weight is 324 g/mol. The number of rotatable bonds is 5. The van der Waals surface area contributed by atoms with Crippen molar-refractivity contribution in [2.75, 3.05) is 6.61 Å². The first-order valence-electron chi connectivity index (χ1n) is 7.08. The lowest BCUT2D eigenvalue weighted by Crippen LogP contribution is -2.33. The molecule has 8 heteroatoms. The fourth-order valence-electron chi connectivity index (χ4n) is 1.90. The van der Waals surface area contributed by atoms with Crippen molar-refractivity contribution in [3.63, 3.8) is 0 Å². The van der Waals surface area contributed by atoms with Gasteiger partial charge in [-0.05, 0) is 43.7 Å². The van der Waals surface area contributed by atoms with Crippen LogP contribution < -0.4 is 0 Å². The zero-order chi connectivity index (χ0) is 17.8. The lowest BCUT2D eigenvalue weighted by Gasteiger charge is -2.23. The number of hydrogen-bond donors (Lipinski definition) is 0. The van der Waals surface area contributed by atoms with Crippen molar-refractivity contribution in [1.82, 2.24) is 4.98 Å². The second-order valence-corrected chi connectivity index (χ2v) is 5.82. The number of carbonyl (C=O) groups is 2. The Morgan fingerprint density at radius 1 is 1.30 bits per heavy atom. The molecule has 0 spiro atoms. The molecule has 1 atom stereocenters. The molecule has 0 saturated heterocycles. The Balaban J connectivity index is 3.27. The molecule has 0 N–H and O–H groups in total. The van der Waals surface area contributed by atoms with E-state index in [0.29, 0.717) is 0 Å². The Labute approximate surface area is 134 Å². The average Bonchev–Trinajstić information content (AvgIpc) is 2.38. The minimum Gasteiger partial charge on any atom is -0.465 e. The quantitative estimate of drug-likeness (QED) is 0.354. The number of carbonyl (C=O) groups excluding carboxylic acids is 2. The summed E-state index contributed by atoms with van der Waals surface area (Å²) in [6.45, 7) is 8.22. The highest BCUT2D eigenvalue weighted by atomic mass is 16.6. The van der Waals surface area contributed by atoms with E-state index >= 15 is 0 Å². The summed E-state index contributed by atoms with van der Waals surface area (Å²) in [4.78, 5) is 38.4. The Morgan fingerprint density at radius 2 is 1.91 bits per heavy atom. The second kappa shape index (κ2) is 7.17. The van der Waals surface area contributed by atoms with Gasteiger partial charge in [0.05, 0.1) is 6.61 Å². The van der Waals surface area contributed by atoms with Crippen LogP contribution in [0.25, 0.3) is 0 Å². The van der Waals surface area contributed by atoms with Crippen LogP contribution in [0.1, 0.15) is 44.9 Å². The summed E-state index contributed by atoms with van der Waals surface area (Å²) in [7, 11) is 0. The standard InChI is InChI=1S/C15H20N2O6/c1-6-22-13(18)12(14(19)23-15(3,4)5)10-7-8-11(17(20)21)16-9(10)2/h7-8,12H,6H2,1-5H3. The zero-order valence-electron chi connectivity index (χ0n) is 13.8. The first kappa shape index (κ1) is 18.5. The normalized spacial score (nSPS) is 12.4. The van der Waals surface area contributed by atoms with Gasteiger partial charge in [0.25, 0.3) is 0 Å². The Kier molecular flexibility index (Phi) is 5.78. The second-order valence-electron chi connectivity index (χ2n) is 5.82. The van der Waals surface area contributed by atoms with Crippen LogP contribution in [0.3, 0.4) is 0 Å². The first-order chi connectivity index (χ1) is 10.6. The molecule has 1 aromatic heterocycles. The van der Waals surface area contributed by atoms with Crippen molar-refractivity contribution in [2.24, 2.45) is 0 Å². The summed E-state index contributed by atoms with van der Waals surface area (Å²) < 4.78 is 10.2. The van der Waals surface area contributed by atoms with Crippen molar-refractivity contribution in [3.8, 4) is 0 Å². The van der Waals surface area contributed by atoms with Crippen LogP contribution in [-0.2, 0) is 19.1 Å². The van der Waals surface area contributed by atoms with Gasteiger partial charge in [-0.3, -0.25) is 9.59 Å². The maximum Gasteiger partial charge on any atom is 0.363 e. The van der Waals surface area contributed by atoms with Crippen molar-refractivity contribution in [1.29, 1.82) is 0 Å². The molecule has 0 fully saturated rings. The van der Waals surface area contributed by atoms with Crippen molar-refractivity contribution < 1.29 is 24.0 Å². The van der Waals surface area contributed by atoms with Crippen LogP contribution >= 0.6 is 0 Å². The van der Waals surface area contributed by atoms with Gasteiger partial charge in [0.2, 0.25) is 0 Å². The number of nitro groups is 1. The molecule has 1 rings (SSSR count). The van der Waals surface area contributed by atoms with Crippen molar-refractivity contribution in [3.05, 3.63) is 33.5 Å². The Hall–Kier alpha value is -2.51. The third kappa shape index (κ3) is 5.01. The number of nitrogens with zero attached hydrogens (tertiary/aromatic N) is 2. The summed E-state index contributed by atoms with van der Waals surface area (Å²) in [6, 6.07) is 2.46. The SMILES string of the molecule is CCOC(=O)C(C(=O)OC(C)(C)C)c1ccc([N+](=O)[O-])nc1C. The predicted molar refractivity (Wildman–Crippen MR) is 80.8 cm³/mol. The van der Waals surface area contributed by atoms with E-state index in [4.69, 9.17) is 9.47 Å². The third-order valence-corrected chi connectivity index (χ3v) is 2.77. The van der Waals surface area contributed by atoms with Gasteiger partial charge in [-0.2, -0.15) is 0 Å². The lowest BCUT2D eigenvalue weighted by atomic mass is 9.97. The highest BCUT2D eigenvalue weighted by Gasteiger charge is 2.36. The molecular weight excluding hydrogens is 304 g/mol. The molecule has 126 valence electrons. The number of ether oxygens (including phenoxy) is 2. The fourth-order valence-corrected chi connectivity index (χ4v) is 1.90. The van der Waals surface area contributed by atoms with Gasteiger partial charge in [0.15, 0.2) is 11.6 Å². The topological polar surface area (TPSA) is 109 Å². The smallest absolute Gasteiger partial charge is 0.363 e. The molecule has 0 saturated carbocycles. The molecule has 0 bridgehead atoms. The molecule has 0 aliphatic heterocycles. The van der Waals surface area contributed by atoms with Crippen LogP contribution in [0.4, 0.5) is 5.82 Å². The number of pyridine rings is 1. The van der Waals surface area contributed by atoms with Crippen molar-refractivity contribution in [2.45, 2.75) is 46.1 Å². The van der Waals surface area contributed by atoms with E-state index < -0.39 is 28.4 Å². The molecule has 0 aliphatic rings. The van der Waals surface area contributed by atoms with Gasteiger partial charge in [-0.1, -0.05) is 0 Å². The van der Waals surface area contributed by atoms with Crippen LogP contribution in [-0.4, -0.2) is 34.1 Å². The Morgan fingerprint density at radius 3 is 2.35 bits per heavy atom. The van der Waals surface area contributed by atoms with Gasteiger partial charge in [0.1, 0.15) is 5.60 Å². The van der Waals surface area contributed by atoms with E-state index in [9.17, 15) is 19.7 Å². The van der Waals surface area contributed by atoms with Gasteiger partial charge >= 0.3 is 17.8 Å². The maximum absolute atomic E-state index is 12.4. The molecule has 0 radical (unpaired) electrons. The summed E-state index contributed by atoms with van der Waals surface area (Å²) in [5.74, 6) is -3.25. The van der Waals surface area contributed by atoms with Crippen molar-refractivity contribution >= 4 is 17.8 Å². The molecule has 1 aromatic rings. The number of aryl methyl sites for hydroxylation is 1. The summed E-state index contributed by atoms with van der Waals surface area (Å²) >= 11 is 0. The third-order valence-electron chi connectivity index (χ3n) is 2.77. The lowest BCUT2D eigenvalue weighted by molar-refractivity contribution is -0.389. The highest BCUT2D eigenvalue weighted by Crippen LogP contribution is 2.26. The largest absolute Gasteiger partial charge is 0.465 e. The van der Waals surface area contributed by atoms with E-state index in [-0.39, 0.29) is 23.7 Å². The van der Waals surface area contributed by atoms with E-state index in [1.807, 2.05) is 0 Å². The van der Waals surface area contributed by atoms with E-state index in [2.05, 4.69) is 4.98 Å². The van der Waals surface area contributed by atoms with Gasteiger partial charge in [0, 0.05) is 18.6 Å². The minimum atomic E-state index is -1.33. The fraction of sp³-hybridized carbons (Fsp3) is 0.533. The predicted octanol–water partition coefficient (Wildman–Crippen LogP) is 2.29.